The third-order valence-corrected chi connectivity index (χ3v) is 4.19. The predicted molar refractivity (Wildman–Crippen MR) is 88.7 cm³/mol. The van der Waals surface area contributed by atoms with E-state index in [1.807, 2.05) is 29.2 Å². The fourth-order valence-electron chi connectivity index (χ4n) is 2.74. The van der Waals surface area contributed by atoms with Gasteiger partial charge in [-0.3, -0.25) is 4.79 Å². The maximum absolute atomic E-state index is 12.5. The number of benzene rings is 1. The first kappa shape index (κ1) is 16.8. The topological polar surface area (TPSA) is 55.6 Å². The Kier molecular flexibility index (Phi) is 6.72. The second-order valence-electron chi connectivity index (χ2n) is 6.02. The smallest absolute Gasteiger partial charge is 0.223 e. The summed E-state index contributed by atoms with van der Waals surface area (Å²) >= 11 is 0. The molecule has 1 fully saturated rings. The molecule has 0 aromatic heterocycles. The van der Waals surface area contributed by atoms with E-state index in [1.54, 1.807) is 7.11 Å². The number of nitrogens with two attached hydrogens (primary N) is 1. The van der Waals surface area contributed by atoms with Crippen LogP contribution in [0.5, 0.6) is 5.75 Å². The van der Waals surface area contributed by atoms with Crippen LogP contribution in [-0.4, -0.2) is 30.5 Å². The van der Waals surface area contributed by atoms with Crippen LogP contribution in [0.25, 0.3) is 0 Å². The molecule has 0 radical (unpaired) electrons. The molecule has 0 spiro atoms. The van der Waals surface area contributed by atoms with Crippen molar-refractivity contribution in [3.8, 4) is 5.75 Å². The van der Waals surface area contributed by atoms with Crippen LogP contribution in [0, 0.1) is 0 Å². The number of rotatable bonds is 10. The molecule has 0 aliphatic heterocycles. The zero-order valence-electron chi connectivity index (χ0n) is 13.6. The normalized spacial score (nSPS) is 13.9. The van der Waals surface area contributed by atoms with E-state index in [9.17, 15) is 4.79 Å². The highest BCUT2D eigenvalue weighted by Gasteiger charge is 2.32. The Bertz CT molecular complexity index is 472. The van der Waals surface area contributed by atoms with Crippen molar-refractivity contribution in [3.05, 3.63) is 29.8 Å². The molecule has 4 nitrogen and oxygen atoms in total. The quantitative estimate of drug-likeness (QED) is 0.676. The molecule has 0 heterocycles. The molecule has 22 heavy (non-hydrogen) atoms. The molecule has 1 saturated carbocycles. The fourth-order valence-corrected chi connectivity index (χ4v) is 2.74. The lowest BCUT2D eigenvalue weighted by molar-refractivity contribution is -0.132. The highest BCUT2D eigenvalue weighted by Crippen LogP contribution is 2.31. The highest BCUT2D eigenvalue weighted by atomic mass is 16.5. The van der Waals surface area contributed by atoms with Crippen LogP contribution in [-0.2, 0) is 11.3 Å². The molecular weight excluding hydrogens is 276 g/mol. The number of unbranched alkanes of at least 4 members (excludes halogenated alkanes) is 3. The third kappa shape index (κ3) is 5.02. The molecule has 0 atom stereocenters. The number of hydrogen-bond donors (Lipinski definition) is 1. The van der Waals surface area contributed by atoms with E-state index in [0.717, 1.165) is 56.4 Å². The second kappa shape index (κ2) is 8.79. The number of ether oxygens (including phenoxy) is 1. The molecule has 1 aromatic carbocycles. The molecule has 1 aliphatic carbocycles. The van der Waals surface area contributed by atoms with Crippen molar-refractivity contribution in [2.24, 2.45) is 5.73 Å². The second-order valence-corrected chi connectivity index (χ2v) is 6.02. The molecule has 2 rings (SSSR count). The fraction of sp³-hybridized carbons (Fsp3) is 0.611. The minimum atomic E-state index is 0.279. The highest BCUT2D eigenvalue weighted by molar-refractivity contribution is 5.77. The van der Waals surface area contributed by atoms with Gasteiger partial charge >= 0.3 is 0 Å². The van der Waals surface area contributed by atoms with Gasteiger partial charge in [-0.1, -0.05) is 31.0 Å². The van der Waals surface area contributed by atoms with Gasteiger partial charge in [0, 0.05) is 24.6 Å². The lowest BCUT2D eigenvalue weighted by Crippen LogP contribution is -2.32. The first-order valence-corrected chi connectivity index (χ1v) is 8.37. The van der Waals surface area contributed by atoms with Crippen molar-refractivity contribution >= 4 is 5.91 Å². The lowest BCUT2D eigenvalue weighted by Gasteiger charge is -2.23. The third-order valence-electron chi connectivity index (χ3n) is 4.19. The van der Waals surface area contributed by atoms with Gasteiger partial charge in [0.2, 0.25) is 5.91 Å². The predicted octanol–water partition coefficient (Wildman–Crippen LogP) is 3.10. The van der Waals surface area contributed by atoms with Crippen LogP contribution in [0.2, 0.25) is 0 Å². The summed E-state index contributed by atoms with van der Waals surface area (Å²) in [5.41, 5.74) is 6.58. The molecule has 2 N–H and O–H groups in total. The molecule has 1 aliphatic rings. The van der Waals surface area contributed by atoms with Gasteiger partial charge < -0.3 is 15.4 Å². The summed E-state index contributed by atoms with van der Waals surface area (Å²) in [6.45, 7) is 1.41. The average Bonchev–Trinajstić information content (AvgIpc) is 3.37. The van der Waals surface area contributed by atoms with Crippen LogP contribution < -0.4 is 10.5 Å². The summed E-state index contributed by atoms with van der Waals surface area (Å²) in [6, 6.07) is 8.39. The Balaban J connectivity index is 1.88. The number of para-hydroxylation sites is 1. The van der Waals surface area contributed by atoms with Crippen LogP contribution in [0.1, 0.15) is 50.5 Å². The Morgan fingerprint density at radius 2 is 1.95 bits per heavy atom. The number of methoxy groups -OCH3 is 1. The monoisotopic (exact) mass is 304 g/mol. The van der Waals surface area contributed by atoms with Gasteiger partial charge in [0.25, 0.3) is 0 Å². The van der Waals surface area contributed by atoms with Crippen LogP contribution in [0.4, 0.5) is 0 Å². The molecular formula is C18H28N2O2. The van der Waals surface area contributed by atoms with Crippen molar-refractivity contribution < 1.29 is 9.53 Å². The number of amides is 1. The summed E-state index contributed by atoms with van der Waals surface area (Å²) in [4.78, 5) is 14.6. The number of carbonyl (C=O) groups excluding carboxylic acids is 1. The van der Waals surface area contributed by atoms with Crippen molar-refractivity contribution in [2.75, 3.05) is 13.7 Å². The summed E-state index contributed by atoms with van der Waals surface area (Å²) in [5, 5.41) is 0. The van der Waals surface area contributed by atoms with Gasteiger partial charge in [-0.05, 0) is 38.3 Å². The summed E-state index contributed by atoms with van der Waals surface area (Å²) in [6.07, 6.45) is 7.16. The van der Waals surface area contributed by atoms with E-state index in [4.69, 9.17) is 10.5 Å². The van der Waals surface area contributed by atoms with Crippen molar-refractivity contribution in [2.45, 2.75) is 57.5 Å². The number of nitrogens with zero attached hydrogens (tertiary/aromatic N) is 1. The van der Waals surface area contributed by atoms with Gasteiger partial charge in [0.1, 0.15) is 5.75 Å². The maximum Gasteiger partial charge on any atom is 0.223 e. The van der Waals surface area contributed by atoms with Crippen LogP contribution in [0.3, 0.4) is 0 Å². The molecule has 0 unspecified atom stereocenters. The number of hydrogen-bond acceptors (Lipinski definition) is 3. The summed E-state index contributed by atoms with van der Waals surface area (Å²) < 4.78 is 5.40. The lowest BCUT2D eigenvalue weighted by atomic mass is 10.1. The van der Waals surface area contributed by atoms with Gasteiger partial charge in [-0.25, -0.2) is 0 Å². The summed E-state index contributed by atoms with van der Waals surface area (Å²) in [5.74, 6) is 1.14. The van der Waals surface area contributed by atoms with Crippen molar-refractivity contribution in [1.82, 2.24) is 4.90 Å². The van der Waals surface area contributed by atoms with Crippen molar-refractivity contribution in [3.63, 3.8) is 0 Å². The molecule has 122 valence electrons. The number of carbonyl (C=O) groups is 1. The molecule has 0 saturated heterocycles. The zero-order valence-corrected chi connectivity index (χ0v) is 13.6. The van der Waals surface area contributed by atoms with E-state index >= 15 is 0 Å². The van der Waals surface area contributed by atoms with E-state index in [1.165, 1.54) is 0 Å². The SMILES string of the molecule is COc1ccccc1CN(C(=O)CCCCCCN)C1CC1. The molecule has 4 heteroatoms. The largest absolute Gasteiger partial charge is 0.496 e. The van der Waals surface area contributed by atoms with Gasteiger partial charge in [-0.15, -0.1) is 0 Å². The van der Waals surface area contributed by atoms with E-state index in [2.05, 4.69) is 0 Å². The Morgan fingerprint density at radius 1 is 1.23 bits per heavy atom. The van der Waals surface area contributed by atoms with Gasteiger partial charge in [0.05, 0.1) is 7.11 Å². The Hall–Kier alpha value is -1.55. The minimum Gasteiger partial charge on any atom is -0.496 e. The van der Waals surface area contributed by atoms with E-state index in [0.29, 0.717) is 19.0 Å². The minimum absolute atomic E-state index is 0.279. The standard InChI is InChI=1S/C18H28N2O2/c1-22-17-9-6-5-8-15(17)14-20(16-11-12-16)18(21)10-4-2-3-7-13-19/h5-6,8-9,16H,2-4,7,10-14,19H2,1H3. The maximum atomic E-state index is 12.5. The van der Waals surface area contributed by atoms with Crippen molar-refractivity contribution in [1.29, 1.82) is 0 Å². The van der Waals surface area contributed by atoms with Crippen LogP contribution >= 0.6 is 0 Å². The first-order chi connectivity index (χ1) is 10.8. The van der Waals surface area contributed by atoms with E-state index < -0.39 is 0 Å². The average molecular weight is 304 g/mol. The zero-order chi connectivity index (χ0) is 15.8. The Labute approximate surface area is 133 Å². The molecule has 0 bridgehead atoms. The van der Waals surface area contributed by atoms with Crippen LogP contribution in [0.15, 0.2) is 24.3 Å². The molecule has 1 aromatic rings. The molecule has 1 amide bonds. The van der Waals surface area contributed by atoms with Gasteiger partial charge in [0.15, 0.2) is 0 Å². The first-order valence-electron chi connectivity index (χ1n) is 8.37. The summed E-state index contributed by atoms with van der Waals surface area (Å²) in [7, 11) is 1.68. The Morgan fingerprint density at radius 3 is 2.64 bits per heavy atom. The van der Waals surface area contributed by atoms with E-state index in [-0.39, 0.29) is 5.91 Å². The van der Waals surface area contributed by atoms with Gasteiger partial charge in [-0.2, -0.15) is 0 Å².